The molecule has 0 spiro atoms. The molecule has 0 aromatic heterocycles. The first-order valence-electron chi connectivity index (χ1n) is 7.26. The number of benzene rings is 2. The summed E-state index contributed by atoms with van der Waals surface area (Å²) in [7, 11) is 0. The van der Waals surface area contributed by atoms with Crippen LogP contribution in [0.5, 0.6) is 11.5 Å². The van der Waals surface area contributed by atoms with Gasteiger partial charge < -0.3 is 10.1 Å². The van der Waals surface area contributed by atoms with Crippen molar-refractivity contribution in [1.82, 2.24) is 5.32 Å². The van der Waals surface area contributed by atoms with Crippen molar-refractivity contribution in [2.75, 3.05) is 6.54 Å². The molecule has 2 aromatic carbocycles. The van der Waals surface area contributed by atoms with Crippen LogP contribution in [0, 0.1) is 20.8 Å². The zero-order chi connectivity index (χ0) is 15.4. The maximum Gasteiger partial charge on any atom is 0.133 e. The smallest absolute Gasteiger partial charge is 0.133 e. The lowest BCUT2D eigenvalue weighted by atomic mass is 10.1. The van der Waals surface area contributed by atoms with Crippen molar-refractivity contribution in [1.29, 1.82) is 0 Å². The lowest BCUT2D eigenvalue weighted by molar-refractivity contribution is 0.465. The van der Waals surface area contributed by atoms with Crippen molar-refractivity contribution in [3.63, 3.8) is 0 Å². The van der Waals surface area contributed by atoms with Crippen LogP contribution in [0.3, 0.4) is 0 Å². The van der Waals surface area contributed by atoms with Gasteiger partial charge in [0.2, 0.25) is 0 Å². The molecule has 0 unspecified atom stereocenters. The predicted molar refractivity (Wildman–Crippen MR) is 92.2 cm³/mol. The van der Waals surface area contributed by atoms with E-state index in [1.807, 2.05) is 12.1 Å². The van der Waals surface area contributed by atoms with Gasteiger partial charge in [-0.2, -0.15) is 0 Å². The topological polar surface area (TPSA) is 21.3 Å². The molecule has 0 atom stereocenters. The van der Waals surface area contributed by atoms with Gasteiger partial charge >= 0.3 is 0 Å². The third-order valence-electron chi connectivity index (χ3n) is 3.67. The fraction of sp³-hybridized carbons (Fsp3) is 0.333. The highest BCUT2D eigenvalue weighted by Crippen LogP contribution is 2.33. The SMILES string of the molecule is CCNCc1cc(Br)ccc1Oc1c(C)ccc(C)c1C. The molecule has 112 valence electrons. The average Bonchev–Trinajstić information content (AvgIpc) is 2.47. The summed E-state index contributed by atoms with van der Waals surface area (Å²) in [6.45, 7) is 10.2. The largest absolute Gasteiger partial charge is 0.456 e. The molecule has 0 aliphatic rings. The van der Waals surface area contributed by atoms with E-state index >= 15 is 0 Å². The second kappa shape index (κ2) is 7.10. The average molecular weight is 348 g/mol. The second-order valence-corrected chi connectivity index (χ2v) is 6.20. The Labute approximate surface area is 135 Å². The Kier molecular flexibility index (Phi) is 5.43. The van der Waals surface area contributed by atoms with Crippen molar-refractivity contribution in [2.45, 2.75) is 34.2 Å². The summed E-state index contributed by atoms with van der Waals surface area (Å²) in [5.74, 6) is 1.88. The van der Waals surface area contributed by atoms with Crippen LogP contribution in [0.4, 0.5) is 0 Å². The van der Waals surface area contributed by atoms with Gasteiger partial charge in [0.1, 0.15) is 11.5 Å². The summed E-state index contributed by atoms with van der Waals surface area (Å²) < 4.78 is 7.31. The zero-order valence-electron chi connectivity index (χ0n) is 13.1. The van der Waals surface area contributed by atoms with Gasteiger partial charge in [0.25, 0.3) is 0 Å². The van der Waals surface area contributed by atoms with Crippen molar-refractivity contribution < 1.29 is 4.74 Å². The highest BCUT2D eigenvalue weighted by Gasteiger charge is 2.11. The van der Waals surface area contributed by atoms with E-state index in [1.54, 1.807) is 0 Å². The first-order valence-corrected chi connectivity index (χ1v) is 8.06. The molecule has 0 bridgehead atoms. The molecule has 0 radical (unpaired) electrons. The maximum absolute atomic E-state index is 6.24. The van der Waals surface area contributed by atoms with Gasteiger partial charge in [0, 0.05) is 16.6 Å². The molecule has 0 aliphatic heterocycles. The molecule has 0 aliphatic carbocycles. The molecule has 21 heavy (non-hydrogen) atoms. The van der Waals surface area contributed by atoms with E-state index in [0.717, 1.165) is 40.2 Å². The number of aryl methyl sites for hydroxylation is 2. The number of halogens is 1. The molecule has 0 saturated carbocycles. The van der Waals surface area contributed by atoms with E-state index < -0.39 is 0 Å². The number of hydrogen-bond donors (Lipinski definition) is 1. The minimum Gasteiger partial charge on any atom is -0.456 e. The van der Waals surface area contributed by atoms with E-state index in [2.05, 4.69) is 67.1 Å². The monoisotopic (exact) mass is 347 g/mol. The van der Waals surface area contributed by atoms with Crippen LogP contribution < -0.4 is 10.1 Å². The summed E-state index contributed by atoms with van der Waals surface area (Å²) in [6, 6.07) is 10.4. The second-order valence-electron chi connectivity index (χ2n) is 5.29. The van der Waals surface area contributed by atoms with E-state index in [9.17, 15) is 0 Å². The molecule has 2 nitrogen and oxygen atoms in total. The lowest BCUT2D eigenvalue weighted by Gasteiger charge is -2.16. The molecule has 3 heteroatoms. The van der Waals surface area contributed by atoms with Crippen molar-refractivity contribution in [3.8, 4) is 11.5 Å². The van der Waals surface area contributed by atoms with Gasteiger partial charge in [0.15, 0.2) is 0 Å². The molecule has 0 heterocycles. The molecule has 1 N–H and O–H groups in total. The first kappa shape index (κ1) is 16.1. The fourth-order valence-corrected chi connectivity index (χ4v) is 2.65. The fourth-order valence-electron chi connectivity index (χ4n) is 2.24. The van der Waals surface area contributed by atoms with Crippen molar-refractivity contribution in [3.05, 3.63) is 57.1 Å². The molecule has 0 amide bonds. The summed E-state index contributed by atoms with van der Waals surface area (Å²) in [4.78, 5) is 0. The standard InChI is InChI=1S/C18H22BrNO/c1-5-20-11-15-10-16(19)8-9-17(15)21-18-13(3)7-6-12(2)14(18)4/h6-10,20H,5,11H2,1-4H3. The van der Waals surface area contributed by atoms with E-state index in [-0.39, 0.29) is 0 Å². The van der Waals surface area contributed by atoms with E-state index in [4.69, 9.17) is 4.74 Å². The first-order chi connectivity index (χ1) is 10.0. The number of nitrogens with one attached hydrogen (secondary N) is 1. The Hall–Kier alpha value is -1.32. The molecule has 2 rings (SSSR count). The van der Waals surface area contributed by atoms with E-state index in [1.165, 1.54) is 11.1 Å². The lowest BCUT2D eigenvalue weighted by Crippen LogP contribution is -2.12. The van der Waals surface area contributed by atoms with Crippen LogP contribution in [0.1, 0.15) is 29.2 Å². The van der Waals surface area contributed by atoms with Gasteiger partial charge in [-0.15, -0.1) is 0 Å². The summed E-state index contributed by atoms with van der Waals surface area (Å²) in [5, 5.41) is 3.36. The van der Waals surface area contributed by atoms with Gasteiger partial charge in [-0.3, -0.25) is 0 Å². The van der Waals surface area contributed by atoms with Gasteiger partial charge in [-0.25, -0.2) is 0 Å². The molecular weight excluding hydrogens is 326 g/mol. The Bertz CT molecular complexity index is 637. The van der Waals surface area contributed by atoms with Gasteiger partial charge in [0.05, 0.1) is 0 Å². The predicted octanol–water partition coefficient (Wildman–Crippen LogP) is 5.28. The normalized spacial score (nSPS) is 10.7. The van der Waals surface area contributed by atoms with Crippen molar-refractivity contribution in [2.24, 2.45) is 0 Å². The Morgan fingerprint density at radius 2 is 1.76 bits per heavy atom. The highest BCUT2D eigenvalue weighted by molar-refractivity contribution is 9.10. The van der Waals surface area contributed by atoms with Crippen LogP contribution in [-0.2, 0) is 6.54 Å². The van der Waals surface area contributed by atoms with Crippen LogP contribution in [0.2, 0.25) is 0 Å². The van der Waals surface area contributed by atoms with Crippen LogP contribution in [0.25, 0.3) is 0 Å². The Balaban J connectivity index is 2.37. The number of ether oxygens (including phenoxy) is 1. The third kappa shape index (κ3) is 3.86. The summed E-state index contributed by atoms with van der Waals surface area (Å²) in [5.41, 5.74) is 4.77. The molecule has 0 fully saturated rings. The number of hydrogen-bond acceptors (Lipinski definition) is 2. The zero-order valence-corrected chi connectivity index (χ0v) is 14.7. The minimum atomic E-state index is 0.801. The maximum atomic E-state index is 6.24. The van der Waals surface area contributed by atoms with Gasteiger partial charge in [-0.05, 0) is 62.2 Å². The quantitative estimate of drug-likeness (QED) is 0.794. The van der Waals surface area contributed by atoms with Crippen LogP contribution >= 0.6 is 15.9 Å². The van der Waals surface area contributed by atoms with Gasteiger partial charge in [-0.1, -0.05) is 35.0 Å². The minimum absolute atomic E-state index is 0.801. The Morgan fingerprint density at radius 1 is 1.05 bits per heavy atom. The Morgan fingerprint density at radius 3 is 2.48 bits per heavy atom. The molecule has 0 saturated heterocycles. The van der Waals surface area contributed by atoms with Crippen LogP contribution in [-0.4, -0.2) is 6.54 Å². The molecular formula is C18H22BrNO. The highest BCUT2D eigenvalue weighted by atomic mass is 79.9. The molecule has 2 aromatic rings. The van der Waals surface area contributed by atoms with Crippen molar-refractivity contribution >= 4 is 15.9 Å². The summed E-state index contributed by atoms with van der Waals surface area (Å²) in [6.07, 6.45) is 0. The van der Waals surface area contributed by atoms with E-state index in [0.29, 0.717) is 0 Å². The number of rotatable bonds is 5. The third-order valence-corrected chi connectivity index (χ3v) is 4.17. The summed E-state index contributed by atoms with van der Waals surface area (Å²) >= 11 is 3.53. The van der Waals surface area contributed by atoms with Crippen LogP contribution in [0.15, 0.2) is 34.8 Å².